The zero-order chi connectivity index (χ0) is 8.60. The molecular weight excluding hydrogens is 236 g/mol. The van der Waals surface area contributed by atoms with Gasteiger partial charge >= 0.3 is 0 Å². The van der Waals surface area contributed by atoms with Crippen molar-refractivity contribution in [1.29, 1.82) is 0 Å². The third-order valence-corrected chi connectivity index (χ3v) is 4.58. The zero-order valence-corrected chi connectivity index (χ0v) is 9.12. The van der Waals surface area contributed by atoms with Crippen molar-refractivity contribution in [2.24, 2.45) is 0 Å². The molecule has 3 heteroatoms. The number of hydrogen-bond donors (Lipinski definition) is 1. The lowest BCUT2D eigenvalue weighted by Gasteiger charge is -2.39. The minimum absolute atomic E-state index is 0.122. The molecule has 1 saturated carbocycles. The molecule has 0 saturated heterocycles. The van der Waals surface area contributed by atoms with E-state index in [1.807, 2.05) is 0 Å². The Kier molecular flexibility index (Phi) is 2.27. The summed E-state index contributed by atoms with van der Waals surface area (Å²) in [5.41, 5.74) is 0.122. The molecule has 1 aromatic rings. The molecule has 0 amide bonds. The molecule has 0 unspecified atom stereocenters. The van der Waals surface area contributed by atoms with Crippen LogP contribution in [0, 0.1) is 0 Å². The van der Waals surface area contributed by atoms with E-state index in [9.17, 15) is 5.11 Å². The summed E-state index contributed by atoms with van der Waals surface area (Å²) in [4.78, 5) is 1.34. The van der Waals surface area contributed by atoms with Crippen molar-refractivity contribution in [3.05, 3.63) is 20.8 Å². The number of rotatable bonds is 2. The highest BCUT2D eigenvalue weighted by Gasteiger charge is 2.39. The third-order valence-electron chi connectivity index (χ3n) is 2.71. The summed E-state index contributed by atoms with van der Waals surface area (Å²) >= 11 is 5.20. The number of halogens is 1. The van der Waals surface area contributed by atoms with Crippen molar-refractivity contribution in [3.8, 4) is 0 Å². The predicted molar refractivity (Wildman–Crippen MR) is 54.6 cm³/mol. The highest BCUT2D eigenvalue weighted by molar-refractivity contribution is 9.11. The molecule has 1 aliphatic carbocycles. The van der Waals surface area contributed by atoms with E-state index in [2.05, 4.69) is 28.1 Å². The van der Waals surface area contributed by atoms with E-state index < -0.39 is 0 Å². The van der Waals surface area contributed by atoms with Crippen molar-refractivity contribution in [2.45, 2.75) is 24.7 Å². The van der Waals surface area contributed by atoms with Crippen molar-refractivity contribution in [1.82, 2.24) is 0 Å². The van der Waals surface area contributed by atoms with E-state index in [0.717, 1.165) is 16.6 Å². The molecule has 0 aliphatic heterocycles. The van der Waals surface area contributed by atoms with Crippen LogP contribution in [0.4, 0.5) is 0 Å². The van der Waals surface area contributed by atoms with E-state index in [-0.39, 0.29) is 5.41 Å². The van der Waals surface area contributed by atoms with E-state index in [1.165, 1.54) is 11.3 Å². The molecule has 1 nitrogen and oxygen atoms in total. The van der Waals surface area contributed by atoms with Crippen LogP contribution in [0.1, 0.15) is 24.1 Å². The van der Waals surface area contributed by atoms with Gasteiger partial charge in [0.25, 0.3) is 0 Å². The maximum Gasteiger partial charge on any atom is 0.0701 e. The summed E-state index contributed by atoms with van der Waals surface area (Å²) in [6.07, 6.45) is 3.56. The summed E-state index contributed by atoms with van der Waals surface area (Å²) in [6.45, 7) is 0.306. The molecule has 2 rings (SSSR count). The van der Waals surface area contributed by atoms with Gasteiger partial charge in [0, 0.05) is 10.3 Å². The Bertz CT molecular complexity index is 272. The molecule has 0 radical (unpaired) electrons. The second-order valence-corrected chi connectivity index (χ2v) is 5.86. The fraction of sp³-hybridized carbons (Fsp3) is 0.556. The molecule has 12 heavy (non-hydrogen) atoms. The Labute approximate surface area is 84.6 Å². The standard InChI is InChI=1S/C9H11BrOS/c10-8-3-2-7(12-8)9(6-11)4-1-5-9/h2-3,11H,1,4-6H2. The normalized spacial score (nSPS) is 20.5. The summed E-state index contributed by atoms with van der Waals surface area (Å²) in [7, 11) is 0. The van der Waals surface area contributed by atoms with Crippen LogP contribution in [0.25, 0.3) is 0 Å². The summed E-state index contributed by atoms with van der Waals surface area (Å²) in [6, 6.07) is 4.19. The number of thiophene rings is 1. The van der Waals surface area contributed by atoms with Crippen LogP contribution in [0.15, 0.2) is 15.9 Å². The van der Waals surface area contributed by atoms with Crippen molar-refractivity contribution < 1.29 is 5.11 Å². The first-order valence-corrected chi connectivity index (χ1v) is 5.74. The third kappa shape index (κ3) is 1.24. The maximum absolute atomic E-state index is 9.29. The van der Waals surface area contributed by atoms with Gasteiger partial charge in [-0.25, -0.2) is 0 Å². The largest absolute Gasteiger partial charge is 0.395 e. The lowest BCUT2D eigenvalue weighted by Crippen LogP contribution is -2.36. The smallest absolute Gasteiger partial charge is 0.0701 e. The van der Waals surface area contributed by atoms with Gasteiger partial charge in [-0.1, -0.05) is 6.42 Å². The quantitative estimate of drug-likeness (QED) is 0.851. The summed E-state index contributed by atoms with van der Waals surface area (Å²) in [5.74, 6) is 0. The predicted octanol–water partition coefficient (Wildman–Crippen LogP) is 2.92. The van der Waals surface area contributed by atoms with Gasteiger partial charge < -0.3 is 5.11 Å². The average molecular weight is 247 g/mol. The molecule has 1 aromatic heterocycles. The fourth-order valence-corrected chi connectivity index (χ4v) is 3.31. The molecule has 0 aromatic carbocycles. The highest BCUT2D eigenvalue weighted by Crippen LogP contribution is 2.46. The first kappa shape index (κ1) is 8.73. The van der Waals surface area contributed by atoms with E-state index in [4.69, 9.17) is 0 Å². The van der Waals surface area contributed by atoms with Gasteiger partial charge in [-0.15, -0.1) is 11.3 Å². The molecule has 66 valence electrons. The first-order chi connectivity index (χ1) is 5.77. The Morgan fingerprint density at radius 1 is 1.50 bits per heavy atom. The van der Waals surface area contributed by atoms with E-state index in [1.54, 1.807) is 11.3 Å². The van der Waals surface area contributed by atoms with Crippen molar-refractivity contribution in [2.75, 3.05) is 6.61 Å². The summed E-state index contributed by atoms with van der Waals surface area (Å²) in [5, 5.41) is 9.29. The lowest BCUT2D eigenvalue weighted by atomic mass is 9.68. The highest BCUT2D eigenvalue weighted by atomic mass is 79.9. The molecule has 1 fully saturated rings. The minimum atomic E-state index is 0.122. The van der Waals surface area contributed by atoms with Crippen LogP contribution in [0.5, 0.6) is 0 Å². The molecule has 1 N–H and O–H groups in total. The van der Waals surface area contributed by atoms with Gasteiger partial charge in [-0.3, -0.25) is 0 Å². The Morgan fingerprint density at radius 3 is 2.58 bits per heavy atom. The van der Waals surface area contributed by atoms with Crippen LogP contribution in [-0.4, -0.2) is 11.7 Å². The zero-order valence-electron chi connectivity index (χ0n) is 6.72. The van der Waals surface area contributed by atoms with Gasteiger partial charge in [-0.05, 0) is 40.9 Å². The van der Waals surface area contributed by atoms with Crippen LogP contribution in [0.2, 0.25) is 0 Å². The van der Waals surface area contributed by atoms with Crippen LogP contribution < -0.4 is 0 Å². The van der Waals surface area contributed by atoms with E-state index in [0.29, 0.717) is 6.61 Å². The van der Waals surface area contributed by atoms with Gasteiger partial charge in [-0.2, -0.15) is 0 Å². The molecule has 1 heterocycles. The molecule has 1 aliphatic rings. The Morgan fingerprint density at radius 2 is 2.25 bits per heavy atom. The number of aliphatic hydroxyl groups is 1. The molecule has 0 spiro atoms. The topological polar surface area (TPSA) is 20.2 Å². The van der Waals surface area contributed by atoms with Crippen molar-refractivity contribution >= 4 is 27.3 Å². The van der Waals surface area contributed by atoms with Gasteiger partial charge in [0.05, 0.1) is 10.4 Å². The van der Waals surface area contributed by atoms with Gasteiger partial charge in [0.1, 0.15) is 0 Å². The molecule has 0 atom stereocenters. The van der Waals surface area contributed by atoms with Gasteiger partial charge in [0.2, 0.25) is 0 Å². The minimum Gasteiger partial charge on any atom is -0.395 e. The van der Waals surface area contributed by atoms with Gasteiger partial charge in [0.15, 0.2) is 0 Å². The monoisotopic (exact) mass is 246 g/mol. The van der Waals surface area contributed by atoms with Crippen molar-refractivity contribution in [3.63, 3.8) is 0 Å². The molecule has 0 bridgehead atoms. The Hall–Kier alpha value is 0.140. The van der Waals surface area contributed by atoms with Crippen LogP contribution >= 0.6 is 27.3 Å². The maximum atomic E-state index is 9.29. The van der Waals surface area contributed by atoms with Crippen LogP contribution in [0.3, 0.4) is 0 Å². The van der Waals surface area contributed by atoms with E-state index >= 15 is 0 Å². The number of hydrogen-bond acceptors (Lipinski definition) is 2. The second-order valence-electron chi connectivity index (χ2n) is 3.40. The summed E-state index contributed by atoms with van der Waals surface area (Å²) < 4.78 is 1.16. The average Bonchev–Trinajstić information content (AvgIpc) is 2.35. The fourth-order valence-electron chi connectivity index (χ4n) is 1.69. The molecular formula is C9H11BrOS. The first-order valence-electron chi connectivity index (χ1n) is 4.13. The lowest BCUT2D eigenvalue weighted by molar-refractivity contribution is 0.123. The Balaban J connectivity index is 2.27. The SMILES string of the molecule is OCC1(c2ccc(Br)s2)CCC1. The van der Waals surface area contributed by atoms with Crippen LogP contribution in [-0.2, 0) is 5.41 Å². The number of aliphatic hydroxyl groups excluding tert-OH is 1. The second kappa shape index (κ2) is 3.13.